The third kappa shape index (κ3) is 4.28. The minimum Gasteiger partial charge on any atom is -0.460 e. The summed E-state index contributed by atoms with van der Waals surface area (Å²) >= 11 is 0. The van der Waals surface area contributed by atoms with Gasteiger partial charge < -0.3 is 25.4 Å². The second kappa shape index (κ2) is 7.08. The van der Waals surface area contributed by atoms with E-state index >= 15 is 0 Å². The topological polar surface area (TPSA) is 116 Å². The lowest BCUT2D eigenvalue weighted by Gasteiger charge is -2.40. The van der Waals surface area contributed by atoms with E-state index in [2.05, 4.69) is 5.32 Å². The van der Waals surface area contributed by atoms with Gasteiger partial charge in [-0.15, -0.1) is 0 Å². The van der Waals surface area contributed by atoms with Crippen molar-refractivity contribution in [2.75, 3.05) is 0 Å². The molecule has 0 unspecified atom stereocenters. The zero-order valence-corrected chi connectivity index (χ0v) is 12.8. The monoisotopic (exact) mass is 323 g/mol. The zero-order valence-electron chi connectivity index (χ0n) is 12.8. The molecular formula is C16H21NO6. The number of carbonyl (C=O) groups is 2. The largest absolute Gasteiger partial charge is 0.460 e. The predicted molar refractivity (Wildman–Crippen MR) is 80.0 cm³/mol. The summed E-state index contributed by atoms with van der Waals surface area (Å²) < 4.78 is 4.89. The van der Waals surface area contributed by atoms with E-state index in [0.717, 1.165) is 12.5 Å². The lowest BCUT2D eigenvalue weighted by atomic mass is 9.79. The maximum Gasteiger partial charge on any atom is 0.302 e. The van der Waals surface area contributed by atoms with Crippen molar-refractivity contribution in [1.82, 2.24) is 5.32 Å². The van der Waals surface area contributed by atoms with Gasteiger partial charge in [-0.3, -0.25) is 9.59 Å². The molecule has 7 nitrogen and oxygen atoms in total. The Balaban J connectivity index is 2.03. The molecule has 0 bridgehead atoms. The van der Waals surface area contributed by atoms with Gasteiger partial charge in [-0.1, -0.05) is 30.3 Å². The standard InChI is InChI=1S/C16H21NO6/c1-10(18)23-13-8-16(22,7-12(19)14(13)20)15(21)17-9-11-5-3-2-4-6-11/h2-6,12-14,19-20,22H,7-9H2,1H3,(H,17,21)/t12-,13-,14-,16+/m1/s1. The number of esters is 1. The summed E-state index contributed by atoms with van der Waals surface area (Å²) in [4.78, 5) is 23.3. The van der Waals surface area contributed by atoms with Gasteiger partial charge >= 0.3 is 5.97 Å². The molecule has 4 atom stereocenters. The van der Waals surface area contributed by atoms with E-state index in [1.807, 2.05) is 30.3 Å². The lowest BCUT2D eigenvalue weighted by Crippen LogP contribution is -2.59. The summed E-state index contributed by atoms with van der Waals surface area (Å²) in [5.74, 6) is -1.33. The number of hydrogen-bond donors (Lipinski definition) is 4. The normalized spacial score (nSPS) is 30.5. The van der Waals surface area contributed by atoms with Crippen LogP contribution in [0.1, 0.15) is 25.3 Å². The number of aliphatic hydroxyl groups excluding tert-OH is 2. The average molecular weight is 323 g/mol. The van der Waals surface area contributed by atoms with Gasteiger partial charge in [0.2, 0.25) is 0 Å². The smallest absolute Gasteiger partial charge is 0.302 e. The molecule has 2 rings (SSSR count). The third-order valence-corrected chi connectivity index (χ3v) is 3.90. The molecule has 0 aliphatic heterocycles. The van der Waals surface area contributed by atoms with Gasteiger partial charge in [0.1, 0.15) is 17.8 Å². The maximum atomic E-state index is 12.3. The van der Waals surface area contributed by atoms with Crippen LogP contribution in [0.4, 0.5) is 0 Å². The van der Waals surface area contributed by atoms with Gasteiger partial charge in [0.25, 0.3) is 5.91 Å². The van der Waals surface area contributed by atoms with Gasteiger partial charge in [0, 0.05) is 26.3 Å². The number of ether oxygens (including phenoxy) is 1. The van der Waals surface area contributed by atoms with Crippen molar-refractivity contribution >= 4 is 11.9 Å². The van der Waals surface area contributed by atoms with Crippen LogP contribution in [0.25, 0.3) is 0 Å². The average Bonchev–Trinajstić information content (AvgIpc) is 2.50. The van der Waals surface area contributed by atoms with Crippen LogP contribution >= 0.6 is 0 Å². The molecule has 4 N–H and O–H groups in total. The number of aliphatic hydroxyl groups is 3. The number of hydrogen-bond acceptors (Lipinski definition) is 6. The van der Waals surface area contributed by atoms with Crippen molar-refractivity contribution in [3.63, 3.8) is 0 Å². The SMILES string of the molecule is CC(=O)O[C@@H]1C[C@](O)(C(=O)NCc2ccccc2)C[C@@H](O)[C@H]1O. The minimum absolute atomic E-state index is 0.221. The van der Waals surface area contributed by atoms with Crippen molar-refractivity contribution in [2.24, 2.45) is 0 Å². The van der Waals surface area contributed by atoms with Gasteiger partial charge in [-0.05, 0) is 5.56 Å². The summed E-state index contributed by atoms with van der Waals surface area (Å²) in [5, 5.41) is 32.8. The molecule has 1 aliphatic carbocycles. The Kier molecular flexibility index (Phi) is 5.35. The Morgan fingerprint density at radius 1 is 1.26 bits per heavy atom. The van der Waals surface area contributed by atoms with Gasteiger partial charge in [0.05, 0.1) is 6.10 Å². The molecule has 1 saturated carbocycles. The second-order valence-electron chi connectivity index (χ2n) is 5.81. The molecule has 0 heterocycles. The van der Waals surface area contributed by atoms with Crippen LogP contribution in [0.5, 0.6) is 0 Å². The first-order valence-electron chi connectivity index (χ1n) is 7.40. The van der Waals surface area contributed by atoms with E-state index in [9.17, 15) is 24.9 Å². The van der Waals surface area contributed by atoms with Crippen LogP contribution in [0.3, 0.4) is 0 Å². The lowest BCUT2D eigenvalue weighted by molar-refractivity contribution is -0.188. The first-order chi connectivity index (χ1) is 10.8. The molecule has 7 heteroatoms. The third-order valence-electron chi connectivity index (χ3n) is 3.90. The maximum absolute atomic E-state index is 12.3. The molecule has 1 aromatic carbocycles. The highest BCUT2D eigenvalue weighted by Crippen LogP contribution is 2.31. The quantitative estimate of drug-likeness (QED) is 0.554. The number of benzene rings is 1. The van der Waals surface area contributed by atoms with Gasteiger partial charge in [-0.2, -0.15) is 0 Å². The fraction of sp³-hybridized carbons (Fsp3) is 0.500. The predicted octanol–water partition coefficient (Wildman–Crippen LogP) is -0.519. The Bertz CT molecular complexity index is 563. The van der Waals surface area contributed by atoms with Crippen LogP contribution in [0, 0.1) is 0 Å². The van der Waals surface area contributed by atoms with Crippen LogP contribution in [-0.2, 0) is 20.9 Å². The van der Waals surface area contributed by atoms with Crippen molar-refractivity contribution in [2.45, 2.75) is 50.2 Å². The van der Waals surface area contributed by atoms with Gasteiger partial charge in [0.15, 0.2) is 0 Å². The van der Waals surface area contributed by atoms with E-state index in [4.69, 9.17) is 4.74 Å². The fourth-order valence-electron chi connectivity index (χ4n) is 2.70. The summed E-state index contributed by atoms with van der Waals surface area (Å²) in [6, 6.07) is 9.15. The van der Waals surface area contributed by atoms with Crippen LogP contribution in [-0.4, -0.2) is 51.1 Å². The Hall–Kier alpha value is -1.96. The second-order valence-corrected chi connectivity index (χ2v) is 5.81. The zero-order chi connectivity index (χ0) is 17.0. The number of rotatable bonds is 4. The summed E-state index contributed by atoms with van der Waals surface area (Å²) in [5.41, 5.74) is -1.05. The van der Waals surface area contributed by atoms with Gasteiger partial charge in [-0.25, -0.2) is 0 Å². The molecule has 23 heavy (non-hydrogen) atoms. The Labute approximate surface area is 133 Å². The molecule has 0 aromatic heterocycles. The first-order valence-corrected chi connectivity index (χ1v) is 7.40. The molecule has 0 saturated heterocycles. The molecule has 126 valence electrons. The molecule has 1 fully saturated rings. The van der Waals surface area contributed by atoms with Crippen LogP contribution < -0.4 is 5.32 Å². The molecule has 1 amide bonds. The first kappa shape index (κ1) is 17.4. The highest BCUT2D eigenvalue weighted by molar-refractivity contribution is 5.85. The number of nitrogens with one attached hydrogen (secondary N) is 1. The Morgan fingerprint density at radius 2 is 1.91 bits per heavy atom. The highest BCUT2D eigenvalue weighted by Gasteiger charge is 2.49. The highest BCUT2D eigenvalue weighted by atomic mass is 16.6. The van der Waals surface area contributed by atoms with Crippen molar-refractivity contribution < 1.29 is 29.6 Å². The van der Waals surface area contributed by atoms with Crippen LogP contribution in [0.2, 0.25) is 0 Å². The van der Waals surface area contributed by atoms with Crippen molar-refractivity contribution in [3.8, 4) is 0 Å². The van der Waals surface area contributed by atoms with E-state index in [1.165, 1.54) is 0 Å². The molecular weight excluding hydrogens is 302 g/mol. The molecule has 0 radical (unpaired) electrons. The van der Waals surface area contributed by atoms with E-state index in [0.29, 0.717) is 0 Å². The van der Waals surface area contributed by atoms with E-state index in [1.54, 1.807) is 0 Å². The minimum atomic E-state index is -1.91. The fourth-order valence-corrected chi connectivity index (χ4v) is 2.70. The molecule has 1 aliphatic rings. The van der Waals surface area contributed by atoms with Crippen molar-refractivity contribution in [3.05, 3.63) is 35.9 Å². The van der Waals surface area contributed by atoms with Crippen molar-refractivity contribution in [1.29, 1.82) is 0 Å². The molecule has 1 aromatic rings. The summed E-state index contributed by atoms with van der Waals surface area (Å²) in [6.45, 7) is 1.38. The number of amides is 1. The molecule has 0 spiro atoms. The van der Waals surface area contributed by atoms with Crippen LogP contribution in [0.15, 0.2) is 30.3 Å². The summed E-state index contributed by atoms with van der Waals surface area (Å²) in [7, 11) is 0. The Morgan fingerprint density at radius 3 is 2.52 bits per heavy atom. The van der Waals surface area contributed by atoms with E-state index < -0.39 is 35.8 Å². The summed E-state index contributed by atoms with van der Waals surface area (Å²) in [6.07, 6.45) is -4.43. The number of carbonyl (C=O) groups excluding carboxylic acids is 2. The van der Waals surface area contributed by atoms with E-state index in [-0.39, 0.29) is 19.4 Å².